The van der Waals surface area contributed by atoms with Crippen LogP contribution in [0.2, 0.25) is 0 Å². The molecule has 0 spiro atoms. The van der Waals surface area contributed by atoms with Gasteiger partial charge in [0.2, 0.25) is 0 Å². The molecule has 1 atom stereocenters. The third-order valence-electron chi connectivity index (χ3n) is 2.60. The van der Waals surface area contributed by atoms with E-state index in [4.69, 9.17) is 0 Å². The van der Waals surface area contributed by atoms with Crippen molar-refractivity contribution in [3.63, 3.8) is 0 Å². The van der Waals surface area contributed by atoms with Gasteiger partial charge >= 0.3 is 51.4 Å². The minimum atomic E-state index is -1.13. The van der Waals surface area contributed by atoms with Crippen molar-refractivity contribution in [1.29, 1.82) is 0 Å². The molecule has 0 aromatic heterocycles. The summed E-state index contributed by atoms with van der Waals surface area (Å²) in [6, 6.07) is 6.08. The summed E-state index contributed by atoms with van der Waals surface area (Å²) in [7, 11) is 1.67. The topological polar surface area (TPSA) is 60.4 Å². The number of anilines is 1. The van der Waals surface area contributed by atoms with Crippen molar-refractivity contribution in [3.05, 3.63) is 29.8 Å². The first kappa shape index (κ1) is 16.8. The molecule has 0 aliphatic carbocycles. The molecule has 0 N–H and O–H groups in total. The van der Waals surface area contributed by atoms with Crippen molar-refractivity contribution in [2.75, 3.05) is 11.9 Å². The van der Waals surface area contributed by atoms with E-state index in [0.29, 0.717) is 5.56 Å². The van der Waals surface area contributed by atoms with E-state index < -0.39 is 12.0 Å². The van der Waals surface area contributed by atoms with Gasteiger partial charge < -0.3 is 14.8 Å². The maximum Gasteiger partial charge on any atom is 1.00 e. The Morgan fingerprint density at radius 3 is 2.06 bits per heavy atom. The van der Waals surface area contributed by atoms with E-state index in [9.17, 15) is 14.7 Å². The fraction of sp³-hybridized carbons (Fsp3) is 0.333. The first-order chi connectivity index (χ1) is 7.43. The average molecular weight is 259 g/mol. The fourth-order valence-electron chi connectivity index (χ4n) is 1.31. The van der Waals surface area contributed by atoms with Crippen molar-refractivity contribution in [2.45, 2.75) is 19.9 Å². The Kier molecular flexibility index (Phi) is 7.19. The van der Waals surface area contributed by atoms with Crippen LogP contribution in [0.25, 0.3) is 0 Å². The number of carbonyl (C=O) groups excluding carboxylic acids is 2. The van der Waals surface area contributed by atoms with Crippen LogP contribution in [-0.2, 0) is 4.79 Å². The predicted octanol–water partition coefficient (Wildman–Crippen LogP) is -2.53. The van der Waals surface area contributed by atoms with Crippen molar-refractivity contribution in [1.82, 2.24) is 0 Å². The van der Waals surface area contributed by atoms with Gasteiger partial charge in [-0.1, -0.05) is 0 Å². The quantitative estimate of drug-likeness (QED) is 0.442. The number of carbonyl (C=O) groups is 2. The summed E-state index contributed by atoms with van der Waals surface area (Å²) < 4.78 is 0. The van der Waals surface area contributed by atoms with Crippen LogP contribution in [0.1, 0.15) is 24.2 Å². The Labute approximate surface area is 143 Å². The third kappa shape index (κ3) is 4.52. The molecule has 0 bridgehead atoms. The molecule has 0 radical (unpaired) electrons. The van der Waals surface area contributed by atoms with Gasteiger partial charge in [0.05, 0.1) is 12.0 Å². The van der Waals surface area contributed by atoms with E-state index in [1.54, 1.807) is 43.1 Å². The second-order valence-corrected chi connectivity index (χ2v) is 3.71. The van der Waals surface area contributed by atoms with Gasteiger partial charge in [0.1, 0.15) is 0 Å². The number of hydrogen-bond acceptors (Lipinski definition) is 4. The monoisotopic (exact) mass is 259 g/mol. The molecular formula is C12H14KNO3. The molecule has 5 heteroatoms. The predicted molar refractivity (Wildman–Crippen MR) is 59.3 cm³/mol. The number of carboxylic acids is 1. The molecule has 1 aromatic rings. The number of rotatable bonds is 4. The molecule has 1 rings (SSSR count). The van der Waals surface area contributed by atoms with Crippen LogP contribution >= 0.6 is 0 Å². The summed E-state index contributed by atoms with van der Waals surface area (Å²) in [6.07, 6.45) is 0. The number of hydrogen-bond donors (Lipinski definition) is 0. The van der Waals surface area contributed by atoms with Crippen molar-refractivity contribution in [2.24, 2.45) is 0 Å². The molecule has 17 heavy (non-hydrogen) atoms. The second kappa shape index (κ2) is 7.28. The van der Waals surface area contributed by atoms with Gasteiger partial charge in [-0.25, -0.2) is 0 Å². The SMILES string of the molecule is CC(=O)c1ccc(N(C)C(C)C(=O)[O-])cc1.[K+]. The van der Waals surface area contributed by atoms with E-state index in [-0.39, 0.29) is 57.2 Å². The van der Waals surface area contributed by atoms with E-state index in [0.717, 1.165) is 5.69 Å². The van der Waals surface area contributed by atoms with Crippen molar-refractivity contribution >= 4 is 17.4 Å². The second-order valence-electron chi connectivity index (χ2n) is 3.71. The average Bonchev–Trinajstić information content (AvgIpc) is 2.27. The maximum absolute atomic E-state index is 11.1. The first-order valence-electron chi connectivity index (χ1n) is 4.98. The Hall–Kier alpha value is -0.204. The van der Waals surface area contributed by atoms with Crippen molar-refractivity contribution < 1.29 is 66.1 Å². The van der Waals surface area contributed by atoms with Gasteiger partial charge in [-0.05, 0) is 38.1 Å². The van der Waals surface area contributed by atoms with Gasteiger partial charge in [0.25, 0.3) is 0 Å². The largest absolute Gasteiger partial charge is 1.00 e. The minimum Gasteiger partial charge on any atom is -0.548 e. The Bertz CT molecular complexity index is 403. The Morgan fingerprint density at radius 1 is 1.24 bits per heavy atom. The van der Waals surface area contributed by atoms with Gasteiger partial charge in [-0.3, -0.25) is 4.79 Å². The van der Waals surface area contributed by atoms with Crippen LogP contribution in [0.4, 0.5) is 5.69 Å². The summed E-state index contributed by atoms with van der Waals surface area (Å²) in [5, 5.41) is 10.7. The minimum absolute atomic E-state index is 0. The molecule has 0 saturated carbocycles. The summed E-state index contributed by atoms with van der Waals surface area (Å²) >= 11 is 0. The van der Waals surface area contributed by atoms with E-state index in [1.807, 2.05) is 0 Å². The molecule has 0 aliphatic heterocycles. The van der Waals surface area contributed by atoms with Gasteiger partial charge in [0.15, 0.2) is 5.78 Å². The molecule has 4 nitrogen and oxygen atoms in total. The number of nitrogens with zero attached hydrogens (tertiary/aromatic N) is 1. The van der Waals surface area contributed by atoms with Crippen LogP contribution in [0.3, 0.4) is 0 Å². The molecule has 0 fully saturated rings. The number of aliphatic carboxylic acids is 1. The molecule has 0 amide bonds. The van der Waals surface area contributed by atoms with E-state index in [1.165, 1.54) is 6.92 Å². The smallest absolute Gasteiger partial charge is 0.548 e. The molecule has 86 valence electrons. The third-order valence-corrected chi connectivity index (χ3v) is 2.60. The summed E-state index contributed by atoms with van der Waals surface area (Å²) in [6.45, 7) is 3.04. The number of likely N-dealkylation sites (N-methyl/N-ethyl adjacent to an activating group) is 1. The Balaban J connectivity index is 0.00000256. The van der Waals surface area contributed by atoms with Gasteiger partial charge in [0, 0.05) is 18.3 Å². The van der Waals surface area contributed by atoms with Gasteiger partial charge in [-0.15, -0.1) is 0 Å². The van der Waals surface area contributed by atoms with E-state index >= 15 is 0 Å². The zero-order valence-electron chi connectivity index (χ0n) is 10.6. The maximum atomic E-state index is 11.1. The van der Waals surface area contributed by atoms with Crippen LogP contribution in [0, 0.1) is 0 Å². The van der Waals surface area contributed by atoms with Crippen LogP contribution < -0.4 is 61.4 Å². The molecule has 1 unspecified atom stereocenters. The number of ketones is 1. The summed E-state index contributed by atoms with van der Waals surface area (Å²) in [5.74, 6) is -1.14. The van der Waals surface area contributed by atoms with Crippen LogP contribution in [0.15, 0.2) is 24.3 Å². The molecular weight excluding hydrogens is 245 g/mol. The fourth-order valence-corrected chi connectivity index (χ4v) is 1.31. The molecule has 1 aromatic carbocycles. The molecule has 0 aliphatic rings. The van der Waals surface area contributed by atoms with Crippen LogP contribution in [-0.4, -0.2) is 24.8 Å². The summed E-state index contributed by atoms with van der Waals surface area (Å²) in [4.78, 5) is 23.3. The summed E-state index contributed by atoms with van der Waals surface area (Å²) in [5.41, 5.74) is 1.35. The molecule has 0 saturated heterocycles. The number of Topliss-reactive ketones (excluding diaryl/α,β-unsaturated/α-hetero) is 1. The standard InChI is InChI=1S/C12H15NO3.K/c1-8(12(15)16)13(3)11-6-4-10(5-7-11)9(2)14;/h4-8H,1-3H3,(H,15,16);/q;+1/p-1. The van der Waals surface area contributed by atoms with Crippen molar-refractivity contribution in [3.8, 4) is 0 Å². The Morgan fingerprint density at radius 2 is 1.71 bits per heavy atom. The number of carboxylic acid groups (broad SMARTS) is 1. The first-order valence-corrected chi connectivity index (χ1v) is 4.98. The zero-order chi connectivity index (χ0) is 12.3. The van der Waals surface area contributed by atoms with Gasteiger partial charge in [-0.2, -0.15) is 0 Å². The molecule has 0 heterocycles. The normalized spacial score (nSPS) is 11.2. The van der Waals surface area contributed by atoms with E-state index in [2.05, 4.69) is 0 Å². The number of benzene rings is 1. The zero-order valence-corrected chi connectivity index (χ0v) is 13.7. The van der Waals surface area contributed by atoms with Crippen LogP contribution in [0.5, 0.6) is 0 Å².